The van der Waals surface area contributed by atoms with Crippen LogP contribution < -0.4 is 4.90 Å². The summed E-state index contributed by atoms with van der Waals surface area (Å²) in [6, 6.07) is 4.12. The summed E-state index contributed by atoms with van der Waals surface area (Å²) in [4.78, 5) is 23.8. The average Bonchev–Trinajstić information content (AvgIpc) is 2.46. The van der Waals surface area contributed by atoms with Gasteiger partial charge in [0.1, 0.15) is 5.69 Å². The molecule has 1 atom stereocenters. The van der Waals surface area contributed by atoms with Gasteiger partial charge in [0, 0.05) is 26.3 Å². The molecule has 1 heterocycles. The lowest BCUT2D eigenvalue weighted by Crippen LogP contribution is -2.48. The summed E-state index contributed by atoms with van der Waals surface area (Å²) < 4.78 is 5.47. The third-order valence-electron chi connectivity index (χ3n) is 3.91. The molecule has 0 aromatic heterocycles. The minimum Gasteiger partial charge on any atom is -0.478 e. The molecule has 0 spiro atoms. The minimum atomic E-state index is -1.17. The maximum atomic E-state index is 11.4. The lowest BCUT2D eigenvalue weighted by atomic mass is 9.93. The molecule has 1 aromatic carbocycles. The van der Waals surface area contributed by atoms with Crippen molar-refractivity contribution in [1.29, 1.82) is 0 Å². The number of carboxylic acid groups (broad SMARTS) is 1. The number of benzene rings is 1. The second-order valence-corrected chi connectivity index (χ2v) is 5.41. The van der Waals surface area contributed by atoms with Gasteiger partial charge in [-0.25, -0.2) is 4.79 Å². The zero-order chi connectivity index (χ0) is 15.6. The molecule has 1 saturated heterocycles. The number of methoxy groups -OCH3 is 1. The number of nitro groups is 1. The summed E-state index contributed by atoms with van der Waals surface area (Å²) in [6.45, 7) is 2.92. The summed E-state index contributed by atoms with van der Waals surface area (Å²) in [5, 5.41) is 20.5. The van der Waals surface area contributed by atoms with E-state index in [1.54, 1.807) is 12.0 Å². The Morgan fingerprint density at radius 2 is 2.24 bits per heavy atom. The van der Waals surface area contributed by atoms with Crippen LogP contribution in [0.25, 0.3) is 0 Å². The Balaban J connectivity index is 2.50. The van der Waals surface area contributed by atoms with Crippen molar-refractivity contribution in [2.45, 2.75) is 25.4 Å². The molecule has 0 aliphatic carbocycles. The number of nitro benzene ring substituents is 1. The number of ether oxygens (including phenoxy) is 1. The van der Waals surface area contributed by atoms with Crippen LogP contribution in [0.3, 0.4) is 0 Å². The van der Waals surface area contributed by atoms with Gasteiger partial charge in [-0.3, -0.25) is 10.1 Å². The molecule has 1 unspecified atom stereocenters. The van der Waals surface area contributed by atoms with E-state index in [0.29, 0.717) is 13.1 Å². The summed E-state index contributed by atoms with van der Waals surface area (Å²) >= 11 is 0. The van der Waals surface area contributed by atoms with E-state index in [1.807, 2.05) is 6.92 Å². The molecule has 1 fully saturated rings. The first-order valence-corrected chi connectivity index (χ1v) is 6.69. The predicted octanol–water partition coefficient (Wildman–Crippen LogP) is 2.30. The van der Waals surface area contributed by atoms with Crippen LogP contribution >= 0.6 is 0 Å². The molecule has 21 heavy (non-hydrogen) atoms. The van der Waals surface area contributed by atoms with Crippen LogP contribution in [0.1, 0.15) is 30.1 Å². The van der Waals surface area contributed by atoms with Gasteiger partial charge in [-0.05, 0) is 25.8 Å². The molecule has 0 amide bonds. The second kappa shape index (κ2) is 5.69. The number of carbonyl (C=O) groups is 1. The van der Waals surface area contributed by atoms with E-state index < -0.39 is 16.5 Å². The number of piperidine rings is 1. The first kappa shape index (κ1) is 15.2. The quantitative estimate of drug-likeness (QED) is 0.676. The van der Waals surface area contributed by atoms with Crippen molar-refractivity contribution in [3.05, 3.63) is 33.9 Å². The third kappa shape index (κ3) is 2.97. The van der Waals surface area contributed by atoms with E-state index in [4.69, 9.17) is 4.74 Å². The van der Waals surface area contributed by atoms with Crippen molar-refractivity contribution in [2.75, 3.05) is 25.1 Å². The zero-order valence-corrected chi connectivity index (χ0v) is 12.0. The molecule has 0 bridgehead atoms. The number of para-hydroxylation sites is 1. The van der Waals surface area contributed by atoms with Crippen molar-refractivity contribution in [2.24, 2.45) is 0 Å². The lowest BCUT2D eigenvalue weighted by molar-refractivity contribution is -0.384. The molecule has 7 nitrogen and oxygen atoms in total. The highest BCUT2D eigenvalue weighted by molar-refractivity contribution is 5.97. The first-order valence-electron chi connectivity index (χ1n) is 6.69. The third-order valence-corrected chi connectivity index (χ3v) is 3.91. The first-order chi connectivity index (χ1) is 9.88. The van der Waals surface area contributed by atoms with Gasteiger partial charge in [-0.2, -0.15) is 0 Å². The highest BCUT2D eigenvalue weighted by Crippen LogP contribution is 2.36. The van der Waals surface area contributed by atoms with Crippen LogP contribution in [0.2, 0.25) is 0 Å². The van der Waals surface area contributed by atoms with Gasteiger partial charge in [-0.15, -0.1) is 0 Å². The highest BCUT2D eigenvalue weighted by Gasteiger charge is 2.35. The van der Waals surface area contributed by atoms with Crippen molar-refractivity contribution >= 4 is 17.3 Å². The topological polar surface area (TPSA) is 92.9 Å². The van der Waals surface area contributed by atoms with Gasteiger partial charge < -0.3 is 14.7 Å². The average molecular weight is 294 g/mol. The maximum absolute atomic E-state index is 11.4. The molecule has 7 heteroatoms. The Hall–Kier alpha value is -2.15. The lowest BCUT2D eigenvalue weighted by Gasteiger charge is -2.40. The predicted molar refractivity (Wildman–Crippen MR) is 76.9 cm³/mol. The van der Waals surface area contributed by atoms with Gasteiger partial charge in [0.25, 0.3) is 5.69 Å². The van der Waals surface area contributed by atoms with Gasteiger partial charge in [0.2, 0.25) is 0 Å². The van der Waals surface area contributed by atoms with E-state index in [0.717, 1.165) is 12.8 Å². The molecular formula is C14H18N2O5. The zero-order valence-electron chi connectivity index (χ0n) is 12.0. The number of aromatic carboxylic acids is 1. The Morgan fingerprint density at radius 3 is 2.81 bits per heavy atom. The molecule has 114 valence electrons. The Morgan fingerprint density at radius 1 is 1.52 bits per heavy atom. The number of rotatable bonds is 4. The monoisotopic (exact) mass is 294 g/mol. The Labute approximate surface area is 122 Å². The minimum absolute atomic E-state index is 0.0513. The largest absolute Gasteiger partial charge is 0.478 e. The van der Waals surface area contributed by atoms with Gasteiger partial charge in [0.15, 0.2) is 0 Å². The summed E-state index contributed by atoms with van der Waals surface area (Å²) in [7, 11) is 1.60. The SMILES string of the molecule is COC1(C)CCCN(c2c(C(=O)O)cccc2[N+](=O)[O-])C1. The molecule has 1 aliphatic rings. The molecule has 1 aliphatic heterocycles. The number of nitrogens with zero attached hydrogens (tertiary/aromatic N) is 2. The molecule has 2 rings (SSSR count). The normalized spacial score (nSPS) is 22.1. The number of carboxylic acids is 1. The van der Waals surface area contributed by atoms with E-state index in [9.17, 15) is 20.0 Å². The fourth-order valence-electron chi connectivity index (χ4n) is 2.75. The van der Waals surface area contributed by atoms with Crippen LogP contribution in [-0.4, -0.2) is 41.8 Å². The summed E-state index contributed by atoms with van der Waals surface area (Å²) in [6.07, 6.45) is 1.62. The van der Waals surface area contributed by atoms with Crippen LogP contribution in [0.15, 0.2) is 18.2 Å². The van der Waals surface area contributed by atoms with Crippen LogP contribution in [0.4, 0.5) is 11.4 Å². The van der Waals surface area contributed by atoms with Gasteiger partial charge in [-0.1, -0.05) is 6.07 Å². The number of hydrogen-bond donors (Lipinski definition) is 1. The second-order valence-electron chi connectivity index (χ2n) is 5.41. The molecule has 0 radical (unpaired) electrons. The van der Waals surface area contributed by atoms with Crippen molar-refractivity contribution in [1.82, 2.24) is 0 Å². The smallest absolute Gasteiger partial charge is 0.338 e. The Kier molecular flexibility index (Phi) is 4.13. The molecule has 0 saturated carbocycles. The number of anilines is 1. The van der Waals surface area contributed by atoms with E-state index >= 15 is 0 Å². The maximum Gasteiger partial charge on any atom is 0.338 e. The standard InChI is InChI=1S/C14H18N2O5/c1-14(21-2)7-4-8-15(9-14)12-10(13(17)18)5-3-6-11(12)16(19)20/h3,5-6H,4,7-9H2,1-2H3,(H,17,18). The van der Waals surface area contributed by atoms with E-state index in [1.165, 1.54) is 18.2 Å². The van der Waals surface area contributed by atoms with Crippen molar-refractivity contribution in [3.8, 4) is 0 Å². The van der Waals surface area contributed by atoms with E-state index in [2.05, 4.69) is 0 Å². The fourth-order valence-corrected chi connectivity index (χ4v) is 2.75. The van der Waals surface area contributed by atoms with Crippen LogP contribution in [0, 0.1) is 10.1 Å². The fraction of sp³-hybridized carbons (Fsp3) is 0.500. The molecular weight excluding hydrogens is 276 g/mol. The molecule has 1 aromatic rings. The van der Waals surface area contributed by atoms with Gasteiger partial charge >= 0.3 is 5.97 Å². The summed E-state index contributed by atoms with van der Waals surface area (Å²) in [5.41, 5.74) is -0.504. The Bertz CT molecular complexity index is 542. The highest BCUT2D eigenvalue weighted by atomic mass is 16.6. The number of hydrogen-bond acceptors (Lipinski definition) is 5. The van der Waals surface area contributed by atoms with Crippen LogP contribution in [-0.2, 0) is 4.74 Å². The van der Waals surface area contributed by atoms with Crippen molar-refractivity contribution < 1.29 is 19.6 Å². The van der Waals surface area contributed by atoms with Crippen molar-refractivity contribution in [3.63, 3.8) is 0 Å². The van der Waals surface area contributed by atoms with E-state index in [-0.39, 0.29) is 16.9 Å². The summed E-state index contributed by atoms with van der Waals surface area (Å²) in [5.74, 6) is -1.17. The molecule has 1 N–H and O–H groups in total. The van der Waals surface area contributed by atoms with Gasteiger partial charge in [0.05, 0.1) is 16.1 Å². The van der Waals surface area contributed by atoms with Crippen LogP contribution in [0.5, 0.6) is 0 Å².